The summed E-state index contributed by atoms with van der Waals surface area (Å²) in [6.07, 6.45) is -6.79. The smallest absolute Gasteiger partial charge is 0.354 e. The number of alkyl halides is 1. The van der Waals surface area contributed by atoms with Gasteiger partial charge in [0, 0.05) is 39.0 Å². The Bertz CT molecular complexity index is 952. The van der Waals surface area contributed by atoms with E-state index in [-0.39, 0.29) is 0 Å². The molecule has 1 N–H and O–H groups in total. The summed E-state index contributed by atoms with van der Waals surface area (Å²) in [5.74, 6) is -5.43. The Kier molecular flexibility index (Phi) is 12.1. The van der Waals surface area contributed by atoms with E-state index in [0.29, 0.717) is 0 Å². The monoisotopic (exact) mass is 550 g/mol. The van der Waals surface area contributed by atoms with Crippen LogP contribution in [0.4, 0.5) is 0 Å². The number of methoxy groups -OCH3 is 1. The van der Waals surface area contributed by atoms with Crippen LogP contribution in [0.25, 0.3) is 10.4 Å². The number of halogens is 1. The maximum Gasteiger partial charge on any atom is 0.354 e. The highest BCUT2D eigenvalue weighted by molar-refractivity contribution is 6.32. The summed E-state index contributed by atoms with van der Waals surface area (Å²) in [5.41, 5.74) is 8.77. The minimum Gasteiger partial charge on any atom is -0.466 e. The molecule has 1 rings (SSSR count). The molecule has 1 amide bonds. The zero-order valence-corrected chi connectivity index (χ0v) is 21.4. The number of azide groups is 1. The van der Waals surface area contributed by atoms with Crippen molar-refractivity contribution in [2.45, 2.75) is 69.6 Å². The van der Waals surface area contributed by atoms with Crippen molar-refractivity contribution in [2.24, 2.45) is 5.11 Å². The average Bonchev–Trinajstić information content (AvgIpc) is 2.79. The lowest BCUT2D eigenvalue weighted by atomic mass is 9.89. The van der Waals surface area contributed by atoms with Crippen LogP contribution in [-0.2, 0) is 57.2 Å². The number of carbonyl (C=O) groups is 6. The minimum atomic E-state index is -2.33. The largest absolute Gasteiger partial charge is 0.466 e. The number of hydrogen-bond donors (Lipinski definition) is 1. The molecule has 0 spiro atoms. The molecule has 0 radical (unpaired) electrons. The van der Waals surface area contributed by atoms with Gasteiger partial charge in [-0.1, -0.05) is 16.7 Å². The Balaban J connectivity index is 3.68. The van der Waals surface area contributed by atoms with E-state index < -0.39 is 90.8 Å². The second-order valence-electron chi connectivity index (χ2n) is 7.66. The number of esters is 5. The summed E-state index contributed by atoms with van der Waals surface area (Å²) in [4.78, 5) is 74.4. The lowest BCUT2D eigenvalue weighted by Gasteiger charge is -2.46. The SMILES string of the molecule is COC(=O)[C@]1(Cl)C[C@H](OC(C)=O)[C@@H](NC(=O)COC(C)=O)[C@H]([C@H](OC(C)=O)[C@@H](CN=[N+]=[N-])OC(C)=O)O1. The van der Waals surface area contributed by atoms with Gasteiger partial charge in [-0.25, -0.2) is 4.79 Å². The highest BCUT2D eigenvalue weighted by Gasteiger charge is 2.57. The van der Waals surface area contributed by atoms with Crippen LogP contribution in [0.5, 0.6) is 0 Å². The number of ether oxygens (including phenoxy) is 6. The number of carbonyl (C=O) groups excluding carboxylic acids is 6. The Labute approximate surface area is 215 Å². The first kappa shape index (κ1) is 31.4. The van der Waals surface area contributed by atoms with Gasteiger partial charge < -0.3 is 33.7 Å². The summed E-state index contributed by atoms with van der Waals surface area (Å²) >= 11 is 6.40. The molecule has 16 nitrogen and oxygen atoms in total. The molecule has 206 valence electrons. The van der Waals surface area contributed by atoms with Crippen molar-refractivity contribution in [1.82, 2.24) is 5.32 Å². The van der Waals surface area contributed by atoms with E-state index in [1.165, 1.54) is 0 Å². The highest BCUT2D eigenvalue weighted by Crippen LogP contribution is 2.38. The summed E-state index contributed by atoms with van der Waals surface area (Å²) in [6.45, 7) is 2.81. The van der Waals surface area contributed by atoms with Crippen molar-refractivity contribution < 1.29 is 57.2 Å². The fraction of sp³-hybridized carbons (Fsp3) is 0.700. The second-order valence-corrected chi connectivity index (χ2v) is 8.27. The molecule has 17 heteroatoms. The van der Waals surface area contributed by atoms with E-state index in [1.54, 1.807) is 0 Å². The number of amides is 1. The second kappa shape index (κ2) is 14.2. The normalized spacial score (nSPS) is 24.2. The van der Waals surface area contributed by atoms with Crippen molar-refractivity contribution >= 4 is 47.4 Å². The molecule has 1 heterocycles. The van der Waals surface area contributed by atoms with E-state index in [2.05, 4.69) is 24.8 Å². The van der Waals surface area contributed by atoms with Crippen molar-refractivity contribution in [2.75, 3.05) is 20.3 Å². The lowest BCUT2D eigenvalue weighted by molar-refractivity contribution is -0.222. The fourth-order valence-electron chi connectivity index (χ4n) is 3.47. The average molecular weight is 551 g/mol. The summed E-state index contributed by atoms with van der Waals surface area (Å²) in [5, 5.41) is 3.44. The molecule has 1 aliphatic rings. The molecule has 0 bridgehead atoms. The van der Waals surface area contributed by atoms with Crippen LogP contribution in [0.3, 0.4) is 0 Å². The van der Waals surface area contributed by atoms with Gasteiger partial charge in [0.15, 0.2) is 12.7 Å². The third-order valence-corrected chi connectivity index (χ3v) is 5.11. The molecule has 0 aliphatic carbocycles. The van der Waals surface area contributed by atoms with E-state index >= 15 is 0 Å². The van der Waals surface area contributed by atoms with Crippen molar-refractivity contribution in [3.05, 3.63) is 10.4 Å². The van der Waals surface area contributed by atoms with Crippen LogP contribution in [0.1, 0.15) is 34.1 Å². The highest BCUT2D eigenvalue weighted by atomic mass is 35.5. The van der Waals surface area contributed by atoms with Gasteiger partial charge in [-0.2, -0.15) is 0 Å². The number of nitrogens with zero attached hydrogens (tertiary/aromatic N) is 3. The first-order valence-electron chi connectivity index (χ1n) is 10.6. The van der Waals surface area contributed by atoms with Gasteiger partial charge in [0.2, 0.25) is 5.06 Å². The maximum absolute atomic E-state index is 12.5. The molecule has 6 atom stereocenters. The van der Waals surface area contributed by atoms with Gasteiger partial charge in [0.1, 0.15) is 18.3 Å². The molecule has 0 saturated carbocycles. The van der Waals surface area contributed by atoms with Gasteiger partial charge in [0.05, 0.1) is 19.7 Å². The number of rotatable bonds is 11. The zero-order valence-electron chi connectivity index (χ0n) is 20.6. The summed E-state index contributed by atoms with van der Waals surface area (Å²) in [7, 11) is 1.01. The minimum absolute atomic E-state index is 0.544. The third-order valence-electron chi connectivity index (χ3n) is 4.72. The standard InChI is InChI=1S/C20H27ClN4O12/c1-9(26)33-8-15(30)24-16-13(34-10(2)27)6-20(21,19(31)32-5)37-18(16)17(36-12(4)29)14(7-23-25-22)35-11(3)28/h13-14,16-18H,6-8H2,1-5H3,(H,24,30)/t13-,14+,16+,17+,18+,20-/m0/s1. The zero-order chi connectivity index (χ0) is 28.3. The molecule has 1 fully saturated rings. The molecule has 37 heavy (non-hydrogen) atoms. The Morgan fingerprint density at radius 3 is 2.19 bits per heavy atom. The van der Waals surface area contributed by atoms with Crippen molar-refractivity contribution in [1.29, 1.82) is 0 Å². The van der Waals surface area contributed by atoms with E-state index in [9.17, 15) is 28.8 Å². The molecule has 0 aromatic heterocycles. The van der Waals surface area contributed by atoms with Crippen LogP contribution in [0, 0.1) is 0 Å². The van der Waals surface area contributed by atoms with Crippen LogP contribution in [0.2, 0.25) is 0 Å². The third kappa shape index (κ3) is 9.74. The summed E-state index contributed by atoms with van der Waals surface area (Å²) in [6, 6.07) is -1.42. The van der Waals surface area contributed by atoms with Gasteiger partial charge in [-0.15, -0.1) is 0 Å². The van der Waals surface area contributed by atoms with Crippen LogP contribution in [-0.4, -0.2) is 91.5 Å². The molecular formula is C20H27ClN4O12. The predicted molar refractivity (Wildman–Crippen MR) is 119 cm³/mol. The number of nitrogens with one attached hydrogen (secondary N) is 1. The summed E-state index contributed by atoms with van der Waals surface area (Å²) < 4.78 is 30.9. The molecule has 1 aliphatic heterocycles. The van der Waals surface area contributed by atoms with Crippen LogP contribution in [0.15, 0.2) is 5.11 Å². The molecule has 0 unspecified atom stereocenters. The molecular weight excluding hydrogens is 524 g/mol. The Morgan fingerprint density at radius 2 is 1.70 bits per heavy atom. The van der Waals surface area contributed by atoms with Crippen molar-refractivity contribution in [3.63, 3.8) is 0 Å². The first-order chi connectivity index (χ1) is 17.2. The quantitative estimate of drug-likeness (QED) is 0.0899. The van der Waals surface area contributed by atoms with Crippen LogP contribution >= 0.6 is 11.6 Å². The van der Waals surface area contributed by atoms with Crippen LogP contribution < -0.4 is 5.32 Å². The van der Waals surface area contributed by atoms with Crippen molar-refractivity contribution in [3.8, 4) is 0 Å². The van der Waals surface area contributed by atoms with E-state index in [0.717, 1.165) is 34.8 Å². The van der Waals surface area contributed by atoms with E-state index in [4.69, 9.17) is 36.1 Å². The lowest BCUT2D eigenvalue weighted by Crippen LogP contribution is -2.67. The van der Waals surface area contributed by atoms with Gasteiger partial charge in [-0.3, -0.25) is 24.0 Å². The topological polar surface area (TPSA) is 219 Å². The molecule has 0 aromatic rings. The van der Waals surface area contributed by atoms with Gasteiger partial charge >= 0.3 is 29.8 Å². The first-order valence-corrected chi connectivity index (χ1v) is 11.0. The Morgan fingerprint density at radius 1 is 1.08 bits per heavy atom. The molecule has 0 aromatic carbocycles. The maximum atomic E-state index is 12.5. The fourth-order valence-corrected chi connectivity index (χ4v) is 3.80. The van der Waals surface area contributed by atoms with Gasteiger partial charge in [-0.05, 0) is 5.53 Å². The molecule has 1 saturated heterocycles. The predicted octanol–water partition coefficient (Wildman–Crippen LogP) is 0.0367. The number of hydrogen-bond acceptors (Lipinski definition) is 13. The van der Waals surface area contributed by atoms with E-state index in [1.807, 2.05) is 0 Å². The Hall–Kier alpha value is -3.62. The van der Waals surface area contributed by atoms with Gasteiger partial charge in [0.25, 0.3) is 5.91 Å².